The molecule has 0 bridgehead atoms. The van der Waals surface area contributed by atoms with Crippen LogP contribution in [0.2, 0.25) is 0 Å². The standard InChI is InChI=1S/C19H24N2/c1-2-7-15-8-4-6-11-18(15)21-19-12-13-20-14-16-9-3-5-10-17(16)19/h3-6,8-11,19-21H,2,7,12-14H2,1H3. The molecule has 0 fully saturated rings. The first-order valence-electron chi connectivity index (χ1n) is 8.01. The Labute approximate surface area is 127 Å². The maximum atomic E-state index is 3.79. The number of rotatable bonds is 4. The Hall–Kier alpha value is -1.80. The van der Waals surface area contributed by atoms with Crippen LogP contribution >= 0.6 is 0 Å². The van der Waals surface area contributed by atoms with Gasteiger partial charge in [0.05, 0.1) is 6.04 Å². The Morgan fingerprint density at radius 2 is 1.90 bits per heavy atom. The van der Waals surface area contributed by atoms with Gasteiger partial charge in [0.15, 0.2) is 0 Å². The second-order valence-electron chi connectivity index (χ2n) is 5.77. The summed E-state index contributed by atoms with van der Waals surface area (Å²) in [5.41, 5.74) is 5.57. The predicted octanol–water partition coefficient (Wildman–Crippen LogP) is 4.29. The summed E-state index contributed by atoms with van der Waals surface area (Å²) >= 11 is 0. The van der Waals surface area contributed by atoms with Crippen LogP contribution < -0.4 is 10.6 Å². The molecule has 110 valence electrons. The fraction of sp³-hybridized carbons (Fsp3) is 0.368. The smallest absolute Gasteiger partial charge is 0.0529 e. The summed E-state index contributed by atoms with van der Waals surface area (Å²) in [6, 6.07) is 17.9. The molecule has 0 radical (unpaired) electrons. The van der Waals surface area contributed by atoms with E-state index in [2.05, 4.69) is 66.1 Å². The summed E-state index contributed by atoms with van der Waals surface area (Å²) in [6.45, 7) is 4.27. The number of fused-ring (bicyclic) bond motifs is 1. The lowest BCUT2D eigenvalue weighted by Crippen LogP contribution is -2.15. The predicted molar refractivity (Wildman–Crippen MR) is 89.6 cm³/mol. The van der Waals surface area contributed by atoms with Gasteiger partial charge in [-0.15, -0.1) is 0 Å². The van der Waals surface area contributed by atoms with E-state index in [0.717, 1.165) is 25.9 Å². The van der Waals surface area contributed by atoms with E-state index in [1.807, 2.05) is 0 Å². The minimum atomic E-state index is 0.397. The molecule has 3 rings (SSSR count). The first-order chi connectivity index (χ1) is 10.4. The number of nitrogens with one attached hydrogen (secondary N) is 2. The zero-order valence-corrected chi connectivity index (χ0v) is 12.7. The Kier molecular flexibility index (Phi) is 4.56. The van der Waals surface area contributed by atoms with E-state index in [1.54, 1.807) is 0 Å². The summed E-state index contributed by atoms with van der Waals surface area (Å²) in [5.74, 6) is 0. The second-order valence-corrected chi connectivity index (χ2v) is 5.77. The minimum absolute atomic E-state index is 0.397. The molecule has 2 aromatic carbocycles. The van der Waals surface area contributed by atoms with Crippen molar-refractivity contribution in [1.29, 1.82) is 0 Å². The van der Waals surface area contributed by atoms with Crippen LogP contribution in [0.1, 0.15) is 42.5 Å². The van der Waals surface area contributed by atoms with Crippen molar-refractivity contribution in [2.75, 3.05) is 11.9 Å². The average Bonchev–Trinajstić information content (AvgIpc) is 2.72. The Balaban J connectivity index is 1.88. The molecular weight excluding hydrogens is 256 g/mol. The molecule has 0 amide bonds. The van der Waals surface area contributed by atoms with E-state index in [4.69, 9.17) is 0 Å². The van der Waals surface area contributed by atoms with Crippen LogP contribution in [0.3, 0.4) is 0 Å². The molecule has 1 aliphatic heterocycles. The lowest BCUT2D eigenvalue weighted by atomic mass is 9.98. The molecule has 1 atom stereocenters. The van der Waals surface area contributed by atoms with Crippen LogP contribution in [-0.4, -0.2) is 6.54 Å². The average molecular weight is 280 g/mol. The third kappa shape index (κ3) is 3.27. The molecule has 0 aromatic heterocycles. The van der Waals surface area contributed by atoms with Gasteiger partial charge in [0, 0.05) is 12.2 Å². The summed E-state index contributed by atoms with van der Waals surface area (Å²) in [7, 11) is 0. The second kappa shape index (κ2) is 6.77. The normalized spacial score (nSPS) is 17.9. The highest BCUT2D eigenvalue weighted by Gasteiger charge is 2.18. The van der Waals surface area contributed by atoms with Gasteiger partial charge in [-0.05, 0) is 42.1 Å². The summed E-state index contributed by atoms with van der Waals surface area (Å²) in [6.07, 6.45) is 3.44. The van der Waals surface area contributed by atoms with Crippen molar-refractivity contribution < 1.29 is 0 Å². The fourth-order valence-electron chi connectivity index (χ4n) is 3.15. The molecule has 2 heteroatoms. The molecule has 1 heterocycles. The summed E-state index contributed by atoms with van der Waals surface area (Å²) < 4.78 is 0. The Bertz CT molecular complexity index is 592. The third-order valence-corrected chi connectivity index (χ3v) is 4.22. The lowest BCUT2D eigenvalue weighted by molar-refractivity contribution is 0.636. The van der Waals surface area contributed by atoms with Crippen molar-refractivity contribution in [2.24, 2.45) is 0 Å². The van der Waals surface area contributed by atoms with E-state index in [-0.39, 0.29) is 0 Å². The lowest BCUT2D eigenvalue weighted by Gasteiger charge is -2.22. The molecule has 2 aromatic rings. The largest absolute Gasteiger partial charge is 0.378 e. The molecule has 0 spiro atoms. The van der Waals surface area contributed by atoms with Crippen molar-refractivity contribution in [1.82, 2.24) is 5.32 Å². The van der Waals surface area contributed by atoms with Gasteiger partial charge in [0.25, 0.3) is 0 Å². The fourth-order valence-corrected chi connectivity index (χ4v) is 3.15. The highest BCUT2D eigenvalue weighted by atomic mass is 15.0. The first-order valence-corrected chi connectivity index (χ1v) is 8.01. The van der Waals surface area contributed by atoms with Gasteiger partial charge < -0.3 is 10.6 Å². The monoisotopic (exact) mass is 280 g/mol. The zero-order chi connectivity index (χ0) is 14.5. The van der Waals surface area contributed by atoms with Crippen molar-refractivity contribution in [3.63, 3.8) is 0 Å². The number of para-hydroxylation sites is 1. The Morgan fingerprint density at radius 1 is 1.10 bits per heavy atom. The highest BCUT2D eigenvalue weighted by Crippen LogP contribution is 2.29. The summed E-state index contributed by atoms with van der Waals surface area (Å²) in [4.78, 5) is 0. The zero-order valence-electron chi connectivity index (χ0n) is 12.7. The number of hydrogen-bond donors (Lipinski definition) is 2. The number of benzene rings is 2. The van der Waals surface area contributed by atoms with Gasteiger partial charge in [-0.2, -0.15) is 0 Å². The van der Waals surface area contributed by atoms with Crippen LogP contribution in [-0.2, 0) is 13.0 Å². The SMILES string of the molecule is CCCc1ccccc1NC1CCNCc2ccccc21. The molecule has 0 aliphatic carbocycles. The van der Waals surface area contributed by atoms with Gasteiger partial charge in [0.1, 0.15) is 0 Å². The maximum Gasteiger partial charge on any atom is 0.0529 e. The number of anilines is 1. The van der Waals surface area contributed by atoms with Crippen molar-refractivity contribution in [3.05, 3.63) is 65.2 Å². The molecule has 1 unspecified atom stereocenters. The van der Waals surface area contributed by atoms with Gasteiger partial charge in [-0.25, -0.2) is 0 Å². The van der Waals surface area contributed by atoms with Crippen LogP contribution in [0, 0.1) is 0 Å². The topological polar surface area (TPSA) is 24.1 Å². The number of hydrogen-bond acceptors (Lipinski definition) is 2. The Morgan fingerprint density at radius 3 is 2.81 bits per heavy atom. The van der Waals surface area contributed by atoms with Crippen LogP contribution in [0.25, 0.3) is 0 Å². The molecule has 0 saturated carbocycles. The van der Waals surface area contributed by atoms with Gasteiger partial charge >= 0.3 is 0 Å². The first kappa shape index (κ1) is 14.2. The quantitative estimate of drug-likeness (QED) is 0.873. The molecule has 21 heavy (non-hydrogen) atoms. The molecule has 2 N–H and O–H groups in total. The minimum Gasteiger partial charge on any atom is -0.378 e. The highest BCUT2D eigenvalue weighted by molar-refractivity contribution is 5.53. The van der Waals surface area contributed by atoms with Crippen LogP contribution in [0.4, 0.5) is 5.69 Å². The van der Waals surface area contributed by atoms with Crippen molar-refractivity contribution in [2.45, 2.75) is 38.8 Å². The van der Waals surface area contributed by atoms with E-state index >= 15 is 0 Å². The molecular formula is C19H24N2. The van der Waals surface area contributed by atoms with Crippen LogP contribution in [0.5, 0.6) is 0 Å². The van der Waals surface area contributed by atoms with E-state index in [0.29, 0.717) is 6.04 Å². The third-order valence-electron chi connectivity index (χ3n) is 4.22. The summed E-state index contributed by atoms with van der Waals surface area (Å²) in [5, 5.41) is 7.31. The van der Waals surface area contributed by atoms with Crippen LogP contribution in [0.15, 0.2) is 48.5 Å². The van der Waals surface area contributed by atoms with E-state index < -0.39 is 0 Å². The number of aryl methyl sites for hydroxylation is 1. The van der Waals surface area contributed by atoms with Crippen molar-refractivity contribution in [3.8, 4) is 0 Å². The van der Waals surface area contributed by atoms with Gasteiger partial charge in [-0.1, -0.05) is 55.8 Å². The van der Waals surface area contributed by atoms with Crippen molar-refractivity contribution >= 4 is 5.69 Å². The van der Waals surface area contributed by atoms with E-state index in [1.165, 1.54) is 28.8 Å². The van der Waals surface area contributed by atoms with Gasteiger partial charge in [-0.3, -0.25) is 0 Å². The van der Waals surface area contributed by atoms with Gasteiger partial charge in [0.2, 0.25) is 0 Å². The maximum absolute atomic E-state index is 3.79. The molecule has 0 saturated heterocycles. The van der Waals surface area contributed by atoms with E-state index in [9.17, 15) is 0 Å². The molecule has 1 aliphatic rings. The molecule has 2 nitrogen and oxygen atoms in total.